The van der Waals surface area contributed by atoms with Crippen LogP contribution >= 0.6 is 0 Å². The highest BCUT2D eigenvalue weighted by molar-refractivity contribution is 5.89. The van der Waals surface area contributed by atoms with Gasteiger partial charge in [0.15, 0.2) is 0 Å². The molecule has 2 saturated heterocycles. The van der Waals surface area contributed by atoms with Crippen molar-refractivity contribution >= 4 is 17.7 Å². The van der Waals surface area contributed by atoms with E-state index >= 15 is 0 Å². The number of halogens is 6. The molecule has 3 atom stereocenters. The lowest BCUT2D eigenvalue weighted by atomic mass is 9.90. The van der Waals surface area contributed by atoms with E-state index in [1.807, 2.05) is 0 Å². The molecule has 8 nitrogen and oxygen atoms in total. The smallest absolute Gasteiger partial charge is 0.391 e. The first-order valence-electron chi connectivity index (χ1n) is 13.0. The summed E-state index contributed by atoms with van der Waals surface area (Å²) in [6, 6.07) is 0.350. The first-order valence-corrected chi connectivity index (χ1v) is 13.0. The van der Waals surface area contributed by atoms with Crippen molar-refractivity contribution in [1.82, 2.24) is 14.7 Å². The monoisotopic (exact) mass is 579 g/mol. The number of amides is 3. The van der Waals surface area contributed by atoms with Gasteiger partial charge in [0.05, 0.1) is 36.2 Å². The summed E-state index contributed by atoms with van der Waals surface area (Å²) >= 11 is 0. The second kappa shape index (κ2) is 10.8. The molecule has 1 aliphatic carbocycles. The summed E-state index contributed by atoms with van der Waals surface area (Å²) in [4.78, 5) is 42.3. The van der Waals surface area contributed by atoms with Crippen LogP contribution in [0.4, 0.5) is 26.3 Å². The van der Waals surface area contributed by atoms with Crippen molar-refractivity contribution in [1.29, 1.82) is 0 Å². The van der Waals surface area contributed by atoms with E-state index < -0.39 is 60.0 Å². The fourth-order valence-electron chi connectivity index (χ4n) is 5.55. The van der Waals surface area contributed by atoms with Crippen LogP contribution in [0.15, 0.2) is 18.2 Å². The first-order chi connectivity index (χ1) is 18.5. The van der Waals surface area contributed by atoms with Gasteiger partial charge in [0.1, 0.15) is 6.04 Å². The lowest BCUT2D eigenvalue weighted by Crippen LogP contribution is -2.59. The molecule has 0 radical (unpaired) electrons. The Morgan fingerprint density at radius 2 is 1.65 bits per heavy atom. The van der Waals surface area contributed by atoms with Crippen LogP contribution in [-0.4, -0.2) is 93.6 Å². The third kappa shape index (κ3) is 6.37. The molecule has 4 rings (SSSR count). The largest absolute Gasteiger partial charge is 0.417 e. The molecular formula is C26H31F6N3O5. The van der Waals surface area contributed by atoms with Crippen molar-refractivity contribution in [2.45, 2.75) is 69.6 Å². The Labute approximate surface area is 226 Å². The van der Waals surface area contributed by atoms with Crippen LogP contribution in [0.2, 0.25) is 0 Å². The van der Waals surface area contributed by atoms with Gasteiger partial charge in [0, 0.05) is 32.7 Å². The zero-order chi connectivity index (χ0) is 29.6. The average molecular weight is 580 g/mol. The standard InChI is InChI=1S/C26H31F6N3O5/c1-15-23(40)34(13-17(36)12-21(38)33-7-6-24(4-5-24)20(37)14-33)8-9-35(15)22(39)11-16-2-3-18(25(27,28)29)19(10-16)26(30,31)32/h2-3,10,15,17,20,36-37H,4-9,11-14H2,1H3/t15-,17?,20+/m0/s1. The van der Waals surface area contributed by atoms with Crippen LogP contribution in [0.5, 0.6) is 0 Å². The highest BCUT2D eigenvalue weighted by atomic mass is 19.4. The predicted octanol–water partition coefficient (Wildman–Crippen LogP) is 2.45. The normalized spacial score (nSPS) is 23.9. The summed E-state index contributed by atoms with van der Waals surface area (Å²) < 4.78 is 78.8. The molecule has 2 N–H and O–H groups in total. The highest BCUT2D eigenvalue weighted by Gasteiger charge is 2.52. The molecule has 1 spiro atoms. The predicted molar refractivity (Wildman–Crippen MR) is 127 cm³/mol. The van der Waals surface area contributed by atoms with Crippen LogP contribution in [-0.2, 0) is 33.2 Å². The number of piperidine rings is 1. The zero-order valence-electron chi connectivity index (χ0n) is 21.8. The Morgan fingerprint density at radius 3 is 2.23 bits per heavy atom. The topological polar surface area (TPSA) is 101 Å². The van der Waals surface area contributed by atoms with Crippen molar-refractivity contribution in [2.75, 3.05) is 32.7 Å². The molecule has 40 heavy (non-hydrogen) atoms. The van der Waals surface area contributed by atoms with E-state index in [1.165, 1.54) is 16.7 Å². The Bertz CT molecular complexity index is 1150. The van der Waals surface area contributed by atoms with Crippen molar-refractivity contribution in [3.8, 4) is 0 Å². The molecule has 0 aromatic heterocycles. The number of carbonyl (C=O) groups is 3. The third-order valence-electron chi connectivity index (χ3n) is 8.18. The van der Waals surface area contributed by atoms with E-state index in [2.05, 4.69) is 0 Å². The Morgan fingerprint density at radius 1 is 1.00 bits per heavy atom. The summed E-state index contributed by atoms with van der Waals surface area (Å²) in [6.45, 7) is 1.89. The maximum absolute atomic E-state index is 13.2. The molecule has 2 heterocycles. The molecule has 2 aliphatic heterocycles. The SMILES string of the molecule is C[C@H]1C(=O)N(CC(O)CC(=O)N2CCC3(CC3)[C@H](O)C2)CCN1C(=O)Cc1ccc(C(F)(F)F)c(C(F)(F)F)c1. The first kappa shape index (κ1) is 30.1. The number of likely N-dealkylation sites (tertiary alicyclic amines) is 1. The molecule has 1 saturated carbocycles. The summed E-state index contributed by atoms with van der Waals surface area (Å²) in [6.07, 6.45) is -10.6. The summed E-state index contributed by atoms with van der Waals surface area (Å²) in [5.74, 6) is -1.62. The van der Waals surface area contributed by atoms with E-state index in [4.69, 9.17) is 0 Å². The number of benzene rings is 1. The van der Waals surface area contributed by atoms with Gasteiger partial charge in [0.25, 0.3) is 0 Å². The van der Waals surface area contributed by atoms with Gasteiger partial charge in [-0.15, -0.1) is 0 Å². The molecule has 3 amide bonds. The third-order valence-corrected chi connectivity index (χ3v) is 8.18. The van der Waals surface area contributed by atoms with Crippen LogP contribution in [0, 0.1) is 5.41 Å². The Hall–Kier alpha value is -2.87. The zero-order valence-corrected chi connectivity index (χ0v) is 21.8. The van der Waals surface area contributed by atoms with Crippen LogP contribution in [0.1, 0.15) is 49.3 Å². The molecule has 1 unspecified atom stereocenters. The number of aliphatic hydroxyl groups is 2. The molecule has 3 aliphatic rings. The maximum Gasteiger partial charge on any atom is 0.417 e. The fourth-order valence-corrected chi connectivity index (χ4v) is 5.55. The fraction of sp³-hybridized carbons (Fsp3) is 0.654. The number of piperazine rings is 1. The summed E-state index contributed by atoms with van der Waals surface area (Å²) in [5.41, 5.74) is -4.11. The summed E-state index contributed by atoms with van der Waals surface area (Å²) in [5, 5.41) is 20.8. The van der Waals surface area contributed by atoms with Crippen molar-refractivity contribution in [2.24, 2.45) is 5.41 Å². The Balaban J connectivity index is 1.32. The minimum absolute atomic E-state index is 0.00801. The van der Waals surface area contributed by atoms with Gasteiger partial charge >= 0.3 is 12.4 Å². The van der Waals surface area contributed by atoms with Gasteiger partial charge in [-0.1, -0.05) is 6.07 Å². The van der Waals surface area contributed by atoms with Crippen LogP contribution in [0.25, 0.3) is 0 Å². The molecule has 14 heteroatoms. The second-order valence-electron chi connectivity index (χ2n) is 10.9. The van der Waals surface area contributed by atoms with Gasteiger partial charge in [-0.25, -0.2) is 0 Å². The molecule has 3 fully saturated rings. The van der Waals surface area contributed by atoms with Gasteiger partial charge in [-0.05, 0) is 49.3 Å². The van der Waals surface area contributed by atoms with E-state index in [0.717, 1.165) is 23.8 Å². The van der Waals surface area contributed by atoms with E-state index in [-0.39, 0.29) is 55.6 Å². The van der Waals surface area contributed by atoms with Crippen molar-refractivity contribution in [3.05, 3.63) is 34.9 Å². The lowest BCUT2D eigenvalue weighted by Gasteiger charge is -2.40. The molecule has 222 valence electrons. The summed E-state index contributed by atoms with van der Waals surface area (Å²) in [7, 11) is 0. The van der Waals surface area contributed by atoms with Gasteiger partial charge < -0.3 is 24.9 Å². The maximum atomic E-state index is 13.2. The van der Waals surface area contributed by atoms with Gasteiger partial charge in [-0.3, -0.25) is 14.4 Å². The number of alkyl halides is 6. The molecule has 1 aromatic carbocycles. The molecular weight excluding hydrogens is 548 g/mol. The number of carbonyl (C=O) groups excluding carboxylic acids is 3. The highest BCUT2D eigenvalue weighted by Crippen LogP contribution is 2.53. The quantitative estimate of drug-likeness (QED) is 0.505. The van der Waals surface area contributed by atoms with Gasteiger partial charge in [-0.2, -0.15) is 26.3 Å². The number of hydrogen-bond donors (Lipinski definition) is 2. The van der Waals surface area contributed by atoms with Crippen LogP contribution < -0.4 is 0 Å². The average Bonchev–Trinajstić information content (AvgIpc) is 3.63. The van der Waals surface area contributed by atoms with Crippen molar-refractivity contribution in [3.63, 3.8) is 0 Å². The minimum atomic E-state index is -5.28. The number of β-amino-alcohol motifs (C(OH)–C–C–N with tert-alkyl or cyclic N) is 2. The minimum Gasteiger partial charge on any atom is -0.391 e. The van der Waals surface area contributed by atoms with E-state index in [9.17, 15) is 50.9 Å². The number of aliphatic hydroxyl groups excluding tert-OH is 2. The van der Waals surface area contributed by atoms with E-state index in [0.29, 0.717) is 19.0 Å². The number of nitrogens with zero attached hydrogens (tertiary/aromatic N) is 3. The van der Waals surface area contributed by atoms with Gasteiger partial charge in [0.2, 0.25) is 17.7 Å². The molecule has 1 aromatic rings. The van der Waals surface area contributed by atoms with Crippen LogP contribution in [0.3, 0.4) is 0 Å². The second-order valence-corrected chi connectivity index (χ2v) is 10.9. The van der Waals surface area contributed by atoms with Crippen molar-refractivity contribution < 1.29 is 50.9 Å². The molecule has 0 bridgehead atoms. The Kier molecular flexibility index (Phi) is 8.16. The number of rotatable bonds is 6. The van der Waals surface area contributed by atoms with E-state index in [1.54, 1.807) is 0 Å². The lowest BCUT2D eigenvalue weighted by molar-refractivity contribution is -0.162. The number of hydrogen-bond acceptors (Lipinski definition) is 5.